The first-order chi connectivity index (χ1) is 9.33. The van der Waals surface area contributed by atoms with E-state index in [4.69, 9.17) is 10.5 Å². The third-order valence-corrected chi connectivity index (χ3v) is 2.84. The van der Waals surface area contributed by atoms with Crippen LogP contribution in [0.2, 0.25) is 0 Å². The lowest BCUT2D eigenvalue weighted by molar-refractivity contribution is -0.274. The lowest BCUT2D eigenvalue weighted by atomic mass is 10.3. The topological polar surface area (TPSA) is 44.5 Å². The molecule has 106 valence electrons. The summed E-state index contributed by atoms with van der Waals surface area (Å²) in [6.07, 6.45) is -4.74. The van der Waals surface area contributed by atoms with Crippen LogP contribution in [0.15, 0.2) is 46.9 Å². The van der Waals surface area contributed by atoms with Crippen LogP contribution < -0.4 is 15.2 Å². The zero-order chi connectivity index (χ0) is 14.8. The van der Waals surface area contributed by atoms with Gasteiger partial charge >= 0.3 is 6.36 Å². The number of ether oxygens (including phenoxy) is 2. The number of hydrogen-bond donors (Lipinski definition) is 1. The standard InChI is InChI=1S/C13H9BrF3NO2/c14-11-7-10(4-5-12(11)20-13(15,16)17)19-9-3-1-2-8(18)6-9/h1-7H,18H2. The number of anilines is 1. The maximum atomic E-state index is 12.1. The number of benzene rings is 2. The van der Waals surface area contributed by atoms with Crippen LogP contribution in [-0.2, 0) is 0 Å². The normalized spacial score (nSPS) is 11.2. The zero-order valence-electron chi connectivity index (χ0n) is 9.95. The molecule has 0 spiro atoms. The molecule has 20 heavy (non-hydrogen) atoms. The van der Waals surface area contributed by atoms with Crippen molar-refractivity contribution in [3.05, 3.63) is 46.9 Å². The van der Waals surface area contributed by atoms with Gasteiger partial charge in [-0.1, -0.05) is 6.07 Å². The molecule has 0 unspecified atom stereocenters. The summed E-state index contributed by atoms with van der Waals surface area (Å²) >= 11 is 3.00. The third kappa shape index (κ3) is 4.06. The Hall–Kier alpha value is -1.89. The van der Waals surface area contributed by atoms with Crippen molar-refractivity contribution >= 4 is 21.6 Å². The van der Waals surface area contributed by atoms with Crippen molar-refractivity contribution in [3.63, 3.8) is 0 Å². The van der Waals surface area contributed by atoms with Crippen LogP contribution in [0, 0.1) is 0 Å². The van der Waals surface area contributed by atoms with Crippen LogP contribution in [-0.4, -0.2) is 6.36 Å². The van der Waals surface area contributed by atoms with Gasteiger partial charge in [-0.15, -0.1) is 13.2 Å². The molecule has 2 aromatic carbocycles. The minimum absolute atomic E-state index is 0.135. The summed E-state index contributed by atoms with van der Waals surface area (Å²) in [6.45, 7) is 0. The van der Waals surface area contributed by atoms with E-state index in [9.17, 15) is 13.2 Å². The average Bonchev–Trinajstić information content (AvgIpc) is 2.31. The molecule has 0 atom stereocenters. The molecule has 0 aromatic heterocycles. The van der Waals surface area contributed by atoms with E-state index in [1.165, 1.54) is 18.2 Å². The minimum Gasteiger partial charge on any atom is -0.457 e. The second-order valence-electron chi connectivity index (χ2n) is 3.81. The highest BCUT2D eigenvalue weighted by Gasteiger charge is 2.32. The molecule has 0 saturated carbocycles. The Morgan fingerprint density at radius 3 is 2.30 bits per heavy atom. The molecule has 0 radical (unpaired) electrons. The molecule has 0 fully saturated rings. The Bertz CT molecular complexity index is 617. The summed E-state index contributed by atoms with van der Waals surface area (Å²) in [5, 5.41) is 0. The van der Waals surface area contributed by atoms with E-state index in [0.29, 0.717) is 17.2 Å². The molecule has 2 N–H and O–H groups in total. The monoisotopic (exact) mass is 347 g/mol. The Morgan fingerprint density at radius 1 is 1.00 bits per heavy atom. The van der Waals surface area contributed by atoms with Gasteiger partial charge in [-0.05, 0) is 46.3 Å². The van der Waals surface area contributed by atoms with Crippen molar-refractivity contribution in [2.45, 2.75) is 6.36 Å². The zero-order valence-corrected chi connectivity index (χ0v) is 11.5. The van der Waals surface area contributed by atoms with Gasteiger partial charge in [0.2, 0.25) is 0 Å². The first kappa shape index (κ1) is 14.5. The van der Waals surface area contributed by atoms with Crippen molar-refractivity contribution in [1.82, 2.24) is 0 Å². The van der Waals surface area contributed by atoms with Crippen LogP contribution in [0.1, 0.15) is 0 Å². The van der Waals surface area contributed by atoms with Gasteiger partial charge in [-0.2, -0.15) is 0 Å². The van der Waals surface area contributed by atoms with Crippen molar-refractivity contribution in [2.24, 2.45) is 0 Å². The van der Waals surface area contributed by atoms with Crippen LogP contribution >= 0.6 is 15.9 Å². The summed E-state index contributed by atoms with van der Waals surface area (Å²) in [7, 11) is 0. The predicted molar refractivity (Wildman–Crippen MR) is 71.8 cm³/mol. The molecule has 2 aromatic rings. The van der Waals surface area contributed by atoms with Gasteiger partial charge < -0.3 is 15.2 Å². The SMILES string of the molecule is Nc1cccc(Oc2ccc(OC(F)(F)F)c(Br)c2)c1. The van der Waals surface area contributed by atoms with Gasteiger partial charge in [0.15, 0.2) is 0 Å². The number of nitrogen functional groups attached to an aromatic ring is 1. The molecule has 7 heteroatoms. The lowest BCUT2D eigenvalue weighted by Crippen LogP contribution is -2.17. The van der Waals surface area contributed by atoms with E-state index in [2.05, 4.69) is 20.7 Å². The first-order valence-corrected chi connectivity index (χ1v) is 6.21. The molecular formula is C13H9BrF3NO2. The number of alkyl halides is 3. The Kier molecular flexibility index (Phi) is 4.08. The molecule has 0 aliphatic rings. The van der Waals surface area contributed by atoms with E-state index in [0.717, 1.165) is 0 Å². The summed E-state index contributed by atoms with van der Waals surface area (Å²) in [5.41, 5.74) is 6.13. The maximum Gasteiger partial charge on any atom is 0.573 e. The smallest absolute Gasteiger partial charge is 0.457 e. The van der Waals surface area contributed by atoms with E-state index in [-0.39, 0.29) is 10.2 Å². The van der Waals surface area contributed by atoms with Gasteiger partial charge in [0.1, 0.15) is 17.2 Å². The average molecular weight is 348 g/mol. The van der Waals surface area contributed by atoms with Gasteiger partial charge in [0.25, 0.3) is 0 Å². The fraction of sp³-hybridized carbons (Fsp3) is 0.0769. The van der Waals surface area contributed by atoms with Crippen LogP contribution in [0.3, 0.4) is 0 Å². The number of rotatable bonds is 3. The largest absolute Gasteiger partial charge is 0.573 e. The van der Waals surface area contributed by atoms with Crippen molar-refractivity contribution < 1.29 is 22.6 Å². The Morgan fingerprint density at radius 2 is 1.70 bits per heavy atom. The predicted octanol–water partition coefficient (Wildman–Crippen LogP) is 4.72. The highest BCUT2D eigenvalue weighted by atomic mass is 79.9. The van der Waals surface area contributed by atoms with Crippen molar-refractivity contribution in [3.8, 4) is 17.2 Å². The molecule has 0 aliphatic carbocycles. The summed E-state index contributed by atoms with van der Waals surface area (Å²) in [4.78, 5) is 0. The van der Waals surface area contributed by atoms with Gasteiger partial charge in [0.05, 0.1) is 4.47 Å². The minimum atomic E-state index is -4.74. The summed E-state index contributed by atoms with van der Waals surface area (Å²) < 4.78 is 45.8. The molecule has 0 saturated heterocycles. The summed E-state index contributed by atoms with van der Waals surface area (Å²) in [6, 6.07) is 10.6. The van der Waals surface area contributed by atoms with Crippen molar-refractivity contribution in [2.75, 3.05) is 5.73 Å². The second-order valence-corrected chi connectivity index (χ2v) is 4.67. The molecule has 2 rings (SSSR count). The number of halogens is 4. The van der Waals surface area contributed by atoms with Crippen LogP contribution in [0.25, 0.3) is 0 Å². The van der Waals surface area contributed by atoms with Gasteiger partial charge in [-0.25, -0.2) is 0 Å². The fourth-order valence-electron chi connectivity index (χ4n) is 1.47. The summed E-state index contributed by atoms with van der Waals surface area (Å²) in [5.74, 6) is 0.510. The van der Waals surface area contributed by atoms with Gasteiger partial charge in [0, 0.05) is 11.8 Å². The number of hydrogen-bond acceptors (Lipinski definition) is 3. The van der Waals surface area contributed by atoms with Crippen molar-refractivity contribution in [1.29, 1.82) is 0 Å². The molecule has 0 heterocycles. The maximum absolute atomic E-state index is 12.1. The molecular weight excluding hydrogens is 339 g/mol. The second kappa shape index (κ2) is 5.62. The molecule has 0 aliphatic heterocycles. The fourth-order valence-corrected chi connectivity index (χ4v) is 1.91. The van der Waals surface area contributed by atoms with E-state index in [1.54, 1.807) is 24.3 Å². The van der Waals surface area contributed by atoms with Crippen LogP contribution in [0.5, 0.6) is 17.2 Å². The highest BCUT2D eigenvalue weighted by molar-refractivity contribution is 9.10. The first-order valence-electron chi connectivity index (χ1n) is 5.42. The molecule has 3 nitrogen and oxygen atoms in total. The van der Waals surface area contributed by atoms with E-state index >= 15 is 0 Å². The highest BCUT2D eigenvalue weighted by Crippen LogP contribution is 2.34. The van der Waals surface area contributed by atoms with Gasteiger partial charge in [-0.3, -0.25) is 0 Å². The Balaban J connectivity index is 2.17. The quantitative estimate of drug-likeness (QED) is 0.817. The number of nitrogens with two attached hydrogens (primary N) is 1. The Labute approximate surface area is 121 Å². The van der Waals surface area contributed by atoms with E-state index < -0.39 is 6.36 Å². The van der Waals surface area contributed by atoms with E-state index in [1.807, 2.05) is 0 Å². The molecule has 0 bridgehead atoms. The van der Waals surface area contributed by atoms with Crippen LogP contribution in [0.4, 0.5) is 18.9 Å². The third-order valence-electron chi connectivity index (χ3n) is 2.22. The lowest BCUT2D eigenvalue weighted by Gasteiger charge is -2.12. The molecule has 0 amide bonds.